The smallest absolute Gasteiger partial charge is 0.306 e. The molecule has 0 aliphatic carbocycles. The molecule has 10 heteroatoms. The first-order valence-electron chi connectivity index (χ1n) is 22.4. The fraction of sp³-hybridized carbons (Fsp3) is 0.867. The molecule has 1 saturated heterocycles. The van der Waals surface area contributed by atoms with Crippen LogP contribution in [0.3, 0.4) is 0 Å². The van der Waals surface area contributed by atoms with Gasteiger partial charge in [0.15, 0.2) is 12.4 Å². The van der Waals surface area contributed by atoms with E-state index in [0.717, 1.165) is 44.9 Å². The molecule has 1 aliphatic rings. The Balaban J connectivity index is 2.33. The predicted octanol–water partition coefficient (Wildman–Crippen LogP) is 9.33. The summed E-state index contributed by atoms with van der Waals surface area (Å²) in [7, 11) is 0. The van der Waals surface area contributed by atoms with Gasteiger partial charge in [-0.15, -0.1) is 6.58 Å². The number of esters is 2. The molecule has 4 N–H and O–H groups in total. The lowest BCUT2D eigenvalue weighted by atomic mass is 9.99. The zero-order valence-electron chi connectivity index (χ0n) is 34.8. The summed E-state index contributed by atoms with van der Waals surface area (Å²) in [6.07, 6.45) is 30.8. The molecule has 0 saturated carbocycles. The highest BCUT2D eigenvalue weighted by molar-refractivity contribution is 5.70. The Morgan fingerprint density at radius 1 is 0.600 bits per heavy atom. The fourth-order valence-corrected chi connectivity index (χ4v) is 6.87. The lowest BCUT2D eigenvalue weighted by Gasteiger charge is -2.39. The van der Waals surface area contributed by atoms with Crippen molar-refractivity contribution < 1.29 is 49.0 Å². The third-order valence-corrected chi connectivity index (χ3v) is 10.5. The Kier molecular flexibility index (Phi) is 34.0. The molecule has 2 unspecified atom stereocenters. The van der Waals surface area contributed by atoms with E-state index >= 15 is 0 Å². The van der Waals surface area contributed by atoms with Gasteiger partial charge in [0.2, 0.25) is 0 Å². The van der Waals surface area contributed by atoms with E-state index in [1.807, 2.05) is 6.08 Å². The Morgan fingerprint density at radius 3 is 1.58 bits per heavy atom. The normalized spacial score (nSPS) is 20.5. The van der Waals surface area contributed by atoms with E-state index < -0.39 is 49.4 Å². The molecule has 1 fully saturated rings. The lowest BCUT2D eigenvalue weighted by molar-refractivity contribution is -0.305. The molecule has 0 aromatic heterocycles. The molecule has 0 aromatic carbocycles. The topological polar surface area (TPSA) is 152 Å². The molecule has 1 heterocycles. The van der Waals surface area contributed by atoms with Crippen LogP contribution in [0.15, 0.2) is 24.8 Å². The maximum Gasteiger partial charge on any atom is 0.306 e. The molecule has 6 atom stereocenters. The first-order valence-corrected chi connectivity index (χ1v) is 22.4. The van der Waals surface area contributed by atoms with E-state index in [4.69, 9.17) is 18.9 Å². The van der Waals surface area contributed by atoms with Crippen LogP contribution in [0.4, 0.5) is 0 Å². The van der Waals surface area contributed by atoms with Crippen LogP contribution in [0.1, 0.15) is 193 Å². The molecule has 0 bridgehead atoms. The van der Waals surface area contributed by atoms with Gasteiger partial charge in [0.05, 0.1) is 13.2 Å². The summed E-state index contributed by atoms with van der Waals surface area (Å²) in [5.74, 6) is -0.830. The molecule has 10 nitrogen and oxygen atoms in total. The fourth-order valence-electron chi connectivity index (χ4n) is 6.87. The number of carbonyl (C=O) groups is 2. The monoisotopic (exact) mass is 783 g/mol. The minimum absolute atomic E-state index is 0.201. The first kappa shape index (κ1) is 51.2. The number of rotatable bonds is 38. The van der Waals surface area contributed by atoms with Gasteiger partial charge in [-0.2, -0.15) is 0 Å². The van der Waals surface area contributed by atoms with Gasteiger partial charge in [-0.05, 0) is 51.4 Å². The number of unbranched alkanes of at least 4 members (excludes halogenated alkanes) is 24. The van der Waals surface area contributed by atoms with Crippen molar-refractivity contribution in [1.29, 1.82) is 0 Å². The van der Waals surface area contributed by atoms with Crippen molar-refractivity contribution >= 4 is 11.9 Å². The van der Waals surface area contributed by atoms with Crippen LogP contribution in [0.25, 0.3) is 0 Å². The van der Waals surface area contributed by atoms with Crippen LogP contribution in [0, 0.1) is 0 Å². The summed E-state index contributed by atoms with van der Waals surface area (Å²) in [6, 6.07) is 0. The number of allylic oxidation sites excluding steroid dienone is 3. The molecule has 0 radical (unpaired) electrons. The molecule has 0 spiro atoms. The van der Waals surface area contributed by atoms with Crippen molar-refractivity contribution in [3.63, 3.8) is 0 Å². The maximum absolute atomic E-state index is 12.7. The summed E-state index contributed by atoms with van der Waals surface area (Å²) in [5.41, 5.74) is 0. The SMILES string of the molecule is C=CCCCCCCCCCCCCCCCC(=O)OC[C@@H](CO[C@H]1O[C@@H](CO)[C@@H](O)C(O)C1O)OC(=O)CCCC/C=C/CCCCCCCCCCC. The highest BCUT2D eigenvalue weighted by Gasteiger charge is 2.44. The van der Waals surface area contributed by atoms with Crippen molar-refractivity contribution in [1.82, 2.24) is 0 Å². The zero-order chi connectivity index (χ0) is 40.2. The number of ether oxygens (including phenoxy) is 4. The van der Waals surface area contributed by atoms with Crippen LogP contribution >= 0.6 is 0 Å². The first-order chi connectivity index (χ1) is 26.8. The van der Waals surface area contributed by atoms with Crippen molar-refractivity contribution in [2.45, 2.75) is 230 Å². The van der Waals surface area contributed by atoms with Crippen LogP contribution in [0.5, 0.6) is 0 Å². The summed E-state index contributed by atoms with van der Waals surface area (Å²) in [4.78, 5) is 25.3. The molecule has 0 amide bonds. The molecular formula is C45H82O10. The molecular weight excluding hydrogens is 700 g/mol. The van der Waals surface area contributed by atoms with Gasteiger partial charge in [0, 0.05) is 12.8 Å². The minimum atomic E-state index is -1.60. The van der Waals surface area contributed by atoms with Crippen LogP contribution < -0.4 is 0 Å². The molecule has 1 rings (SSSR count). The summed E-state index contributed by atoms with van der Waals surface area (Å²) >= 11 is 0. The second-order valence-corrected chi connectivity index (χ2v) is 15.6. The number of aliphatic hydroxyl groups is 4. The van der Waals surface area contributed by atoms with Crippen LogP contribution in [-0.2, 0) is 28.5 Å². The number of carbonyl (C=O) groups excluding carboxylic acids is 2. The lowest BCUT2D eigenvalue weighted by Crippen LogP contribution is -2.59. The third-order valence-electron chi connectivity index (χ3n) is 10.5. The second-order valence-electron chi connectivity index (χ2n) is 15.6. The van der Waals surface area contributed by atoms with Crippen molar-refractivity contribution in [3.05, 3.63) is 24.8 Å². The zero-order valence-corrected chi connectivity index (χ0v) is 34.8. The summed E-state index contributed by atoms with van der Waals surface area (Å²) in [5, 5.41) is 40.0. The maximum atomic E-state index is 12.7. The van der Waals surface area contributed by atoms with Crippen LogP contribution in [0.2, 0.25) is 0 Å². The number of hydrogen-bond acceptors (Lipinski definition) is 10. The van der Waals surface area contributed by atoms with E-state index in [0.29, 0.717) is 6.42 Å². The molecule has 322 valence electrons. The van der Waals surface area contributed by atoms with Gasteiger partial charge in [0.1, 0.15) is 31.0 Å². The van der Waals surface area contributed by atoms with E-state index in [9.17, 15) is 30.0 Å². The minimum Gasteiger partial charge on any atom is -0.462 e. The Morgan fingerprint density at radius 2 is 1.05 bits per heavy atom. The average molecular weight is 783 g/mol. The van der Waals surface area contributed by atoms with Crippen LogP contribution in [-0.4, -0.2) is 89.0 Å². The third kappa shape index (κ3) is 28.3. The van der Waals surface area contributed by atoms with Gasteiger partial charge in [0.25, 0.3) is 0 Å². The number of hydrogen-bond donors (Lipinski definition) is 4. The summed E-state index contributed by atoms with van der Waals surface area (Å²) < 4.78 is 22.1. The summed E-state index contributed by atoms with van der Waals surface area (Å²) in [6.45, 7) is 4.93. The molecule has 1 aliphatic heterocycles. The second kappa shape index (κ2) is 36.5. The van der Waals surface area contributed by atoms with Crippen molar-refractivity contribution in [2.75, 3.05) is 19.8 Å². The largest absolute Gasteiger partial charge is 0.462 e. The van der Waals surface area contributed by atoms with Crippen molar-refractivity contribution in [2.24, 2.45) is 0 Å². The van der Waals surface area contributed by atoms with E-state index in [-0.39, 0.29) is 32.0 Å². The highest BCUT2D eigenvalue weighted by Crippen LogP contribution is 2.23. The molecule has 55 heavy (non-hydrogen) atoms. The van der Waals surface area contributed by atoms with Gasteiger partial charge >= 0.3 is 11.9 Å². The van der Waals surface area contributed by atoms with Gasteiger partial charge in [-0.25, -0.2) is 0 Å². The predicted molar refractivity (Wildman–Crippen MR) is 219 cm³/mol. The highest BCUT2D eigenvalue weighted by atomic mass is 16.7. The quantitative estimate of drug-likeness (QED) is 0.0271. The average Bonchev–Trinajstić information content (AvgIpc) is 3.18. The molecule has 0 aromatic rings. The van der Waals surface area contributed by atoms with Gasteiger partial charge < -0.3 is 39.4 Å². The van der Waals surface area contributed by atoms with E-state index in [2.05, 4.69) is 25.7 Å². The Labute approximate surface area is 334 Å². The Bertz CT molecular complexity index is 941. The van der Waals surface area contributed by atoms with E-state index in [1.54, 1.807) is 0 Å². The van der Waals surface area contributed by atoms with Gasteiger partial charge in [-0.3, -0.25) is 9.59 Å². The van der Waals surface area contributed by atoms with Gasteiger partial charge in [-0.1, -0.05) is 147 Å². The van der Waals surface area contributed by atoms with Crippen molar-refractivity contribution in [3.8, 4) is 0 Å². The standard InChI is InChI=1S/C45H82O10/c1-3-5-7-9-11-13-15-17-19-21-23-25-27-29-31-33-40(47)52-36-38(37-53-45-44(51)43(50)42(49)39(35-46)55-45)54-41(48)34-32-30-28-26-24-22-20-18-16-14-12-10-8-6-4-2/h3,24,26,38-39,42-46,49-51H,1,4-23,25,27-37H2,2H3/b26-24+/t38-,39-,42+,43?,44?,45-/m0/s1. The van der Waals surface area contributed by atoms with E-state index in [1.165, 1.54) is 122 Å². The number of aliphatic hydroxyl groups excluding tert-OH is 4. The Hall–Kier alpha value is -1.82.